The van der Waals surface area contributed by atoms with Gasteiger partial charge in [-0.2, -0.15) is 0 Å². The number of ether oxygens (including phenoxy) is 2. The molecule has 2 aromatic carbocycles. The van der Waals surface area contributed by atoms with Crippen LogP contribution >= 0.6 is 23.4 Å². The number of halogens is 1. The second kappa shape index (κ2) is 11.0. The highest BCUT2D eigenvalue weighted by atomic mass is 35.5. The van der Waals surface area contributed by atoms with Crippen LogP contribution in [-0.2, 0) is 16.1 Å². The second-order valence-electron chi connectivity index (χ2n) is 6.61. The third-order valence-corrected chi connectivity index (χ3v) is 5.79. The molecule has 0 saturated heterocycles. The fourth-order valence-corrected chi connectivity index (χ4v) is 3.93. The first-order valence-corrected chi connectivity index (χ1v) is 11.1. The molecular weight excluding hydrogens is 452 g/mol. The van der Waals surface area contributed by atoms with E-state index in [0.717, 1.165) is 0 Å². The summed E-state index contributed by atoms with van der Waals surface area (Å²) in [4.78, 5) is 24.7. The Labute approximate surface area is 195 Å². The first kappa shape index (κ1) is 23.6. The van der Waals surface area contributed by atoms with E-state index >= 15 is 0 Å². The topological polar surface area (TPSA) is 95.3 Å². The molecule has 0 bridgehead atoms. The van der Waals surface area contributed by atoms with E-state index in [1.165, 1.54) is 11.8 Å². The number of methoxy groups -OCH3 is 1. The monoisotopic (exact) mass is 474 g/mol. The molecule has 1 amide bonds. The van der Waals surface area contributed by atoms with Crippen LogP contribution in [0.1, 0.15) is 30.0 Å². The summed E-state index contributed by atoms with van der Waals surface area (Å²) in [5.74, 6) is 0.520. The highest BCUT2D eigenvalue weighted by Crippen LogP contribution is 2.29. The zero-order valence-electron chi connectivity index (χ0n) is 17.9. The van der Waals surface area contributed by atoms with Gasteiger partial charge in [-0.1, -0.05) is 35.5 Å². The molecule has 0 aliphatic carbocycles. The van der Waals surface area contributed by atoms with Gasteiger partial charge < -0.3 is 14.8 Å². The summed E-state index contributed by atoms with van der Waals surface area (Å²) < 4.78 is 11.9. The molecule has 3 rings (SSSR count). The summed E-state index contributed by atoms with van der Waals surface area (Å²) in [7, 11) is 1.56. The fraction of sp³-hybridized carbons (Fsp3) is 0.273. The van der Waals surface area contributed by atoms with E-state index in [0.29, 0.717) is 39.6 Å². The number of carbonyl (C=O) groups excluding carboxylic acids is 2. The molecule has 0 radical (unpaired) electrons. The third-order valence-electron chi connectivity index (χ3n) is 4.45. The van der Waals surface area contributed by atoms with Crippen molar-refractivity contribution in [3.05, 3.63) is 64.9 Å². The van der Waals surface area contributed by atoms with Gasteiger partial charge in [-0.15, -0.1) is 10.2 Å². The van der Waals surface area contributed by atoms with Crippen molar-refractivity contribution in [1.82, 2.24) is 20.1 Å². The number of thioether (sulfide) groups is 1. The number of nitrogens with one attached hydrogen (secondary N) is 1. The molecule has 8 nitrogen and oxygen atoms in total. The number of nitrogens with zero attached hydrogens (tertiary/aromatic N) is 3. The Morgan fingerprint density at radius 1 is 1.16 bits per heavy atom. The van der Waals surface area contributed by atoms with Crippen molar-refractivity contribution in [2.75, 3.05) is 13.7 Å². The van der Waals surface area contributed by atoms with Crippen LogP contribution in [-0.4, -0.2) is 45.6 Å². The van der Waals surface area contributed by atoms with Crippen LogP contribution in [0, 0.1) is 0 Å². The van der Waals surface area contributed by atoms with Gasteiger partial charge >= 0.3 is 5.97 Å². The van der Waals surface area contributed by atoms with E-state index in [4.69, 9.17) is 21.1 Å². The number of aromatic nitrogens is 3. The van der Waals surface area contributed by atoms with Crippen LogP contribution in [0.5, 0.6) is 5.75 Å². The zero-order chi connectivity index (χ0) is 23.1. The van der Waals surface area contributed by atoms with E-state index in [9.17, 15) is 9.59 Å². The summed E-state index contributed by atoms with van der Waals surface area (Å²) >= 11 is 7.63. The smallest absolute Gasteiger partial charge is 0.319 e. The van der Waals surface area contributed by atoms with Gasteiger partial charge in [0.2, 0.25) is 0 Å². The average Bonchev–Trinajstić information content (AvgIpc) is 3.20. The lowest BCUT2D eigenvalue weighted by molar-refractivity contribution is -0.142. The van der Waals surface area contributed by atoms with E-state index < -0.39 is 5.25 Å². The molecule has 3 aromatic rings. The van der Waals surface area contributed by atoms with Crippen LogP contribution in [0.4, 0.5) is 0 Å². The van der Waals surface area contributed by atoms with Crippen LogP contribution in [0.2, 0.25) is 5.02 Å². The molecule has 0 fully saturated rings. The minimum atomic E-state index is -0.498. The Morgan fingerprint density at radius 2 is 1.88 bits per heavy atom. The molecule has 0 aliphatic rings. The Balaban J connectivity index is 1.85. The maximum Gasteiger partial charge on any atom is 0.319 e. The number of esters is 1. The van der Waals surface area contributed by atoms with Crippen molar-refractivity contribution in [2.24, 2.45) is 0 Å². The minimum Gasteiger partial charge on any atom is -0.497 e. The van der Waals surface area contributed by atoms with Crippen molar-refractivity contribution in [2.45, 2.75) is 30.8 Å². The maximum absolute atomic E-state index is 12.6. The predicted octanol–water partition coefficient (Wildman–Crippen LogP) is 3.90. The Bertz CT molecular complexity index is 1090. The van der Waals surface area contributed by atoms with E-state index in [1.807, 2.05) is 18.2 Å². The average molecular weight is 475 g/mol. The summed E-state index contributed by atoms with van der Waals surface area (Å²) in [6.07, 6.45) is 0. The second-order valence-corrected chi connectivity index (χ2v) is 8.32. The Kier molecular flexibility index (Phi) is 8.13. The van der Waals surface area contributed by atoms with Crippen LogP contribution in [0.15, 0.2) is 53.7 Å². The minimum absolute atomic E-state index is 0.109. The van der Waals surface area contributed by atoms with Gasteiger partial charge in [0.15, 0.2) is 11.0 Å². The lowest BCUT2D eigenvalue weighted by Crippen LogP contribution is -2.24. The molecule has 1 aromatic heterocycles. The van der Waals surface area contributed by atoms with Crippen molar-refractivity contribution >= 4 is 35.2 Å². The van der Waals surface area contributed by atoms with Gasteiger partial charge in [0.05, 0.1) is 31.0 Å². The molecule has 1 atom stereocenters. The standard InChI is InChI=1S/C22H23ClN4O4S/c1-4-31-21(29)14(2)32-22-26-25-19(27(22)18-8-6-5-7-17(18)23)13-24-20(28)15-9-11-16(30-3)12-10-15/h5-12,14H,4,13H2,1-3H3,(H,24,28). The zero-order valence-corrected chi connectivity index (χ0v) is 19.4. The molecule has 0 aliphatic heterocycles. The molecule has 0 spiro atoms. The van der Waals surface area contributed by atoms with Crippen LogP contribution in [0.25, 0.3) is 5.69 Å². The quantitative estimate of drug-likeness (QED) is 0.371. The van der Waals surface area contributed by atoms with E-state index in [1.54, 1.807) is 55.9 Å². The number of carbonyl (C=O) groups is 2. The lowest BCUT2D eigenvalue weighted by Gasteiger charge is -2.14. The first-order chi connectivity index (χ1) is 15.4. The molecular formula is C22H23ClN4O4S. The highest BCUT2D eigenvalue weighted by molar-refractivity contribution is 8.00. The number of para-hydroxylation sites is 1. The largest absolute Gasteiger partial charge is 0.497 e. The molecule has 1 N–H and O–H groups in total. The van der Waals surface area contributed by atoms with Gasteiger partial charge in [0, 0.05) is 5.56 Å². The van der Waals surface area contributed by atoms with Crippen LogP contribution < -0.4 is 10.1 Å². The molecule has 0 saturated carbocycles. The number of hydrogen-bond donors (Lipinski definition) is 1. The van der Waals surface area contributed by atoms with Gasteiger partial charge in [-0.25, -0.2) is 0 Å². The number of hydrogen-bond acceptors (Lipinski definition) is 7. The number of benzene rings is 2. The number of amides is 1. The highest BCUT2D eigenvalue weighted by Gasteiger charge is 2.23. The van der Waals surface area contributed by atoms with Crippen molar-refractivity contribution in [3.63, 3.8) is 0 Å². The summed E-state index contributed by atoms with van der Waals surface area (Å²) in [6.45, 7) is 3.89. The Hall–Kier alpha value is -3.04. The van der Waals surface area contributed by atoms with Crippen molar-refractivity contribution < 1.29 is 19.1 Å². The SMILES string of the molecule is CCOC(=O)C(C)Sc1nnc(CNC(=O)c2ccc(OC)cc2)n1-c1ccccc1Cl. The van der Waals surface area contributed by atoms with Gasteiger partial charge in [-0.3, -0.25) is 14.2 Å². The van der Waals surface area contributed by atoms with Crippen LogP contribution in [0.3, 0.4) is 0 Å². The maximum atomic E-state index is 12.6. The van der Waals surface area contributed by atoms with Gasteiger partial charge in [0.25, 0.3) is 5.91 Å². The molecule has 10 heteroatoms. The first-order valence-electron chi connectivity index (χ1n) is 9.89. The number of rotatable bonds is 9. The third kappa shape index (κ3) is 5.60. The molecule has 168 valence electrons. The van der Waals surface area contributed by atoms with Gasteiger partial charge in [-0.05, 0) is 50.2 Å². The van der Waals surface area contributed by atoms with E-state index in [-0.39, 0.29) is 18.4 Å². The van der Waals surface area contributed by atoms with E-state index in [2.05, 4.69) is 15.5 Å². The summed E-state index contributed by atoms with van der Waals surface area (Å²) in [5, 5.41) is 11.8. The molecule has 1 unspecified atom stereocenters. The van der Waals surface area contributed by atoms with Gasteiger partial charge in [0.1, 0.15) is 11.0 Å². The lowest BCUT2D eigenvalue weighted by atomic mass is 10.2. The summed E-state index contributed by atoms with van der Waals surface area (Å²) in [5.41, 5.74) is 1.13. The van der Waals surface area contributed by atoms with Crippen molar-refractivity contribution in [3.8, 4) is 11.4 Å². The molecule has 1 heterocycles. The normalized spacial score (nSPS) is 11.6. The fourth-order valence-electron chi connectivity index (χ4n) is 2.84. The summed E-state index contributed by atoms with van der Waals surface area (Å²) in [6, 6.07) is 14.0. The predicted molar refractivity (Wildman–Crippen MR) is 122 cm³/mol. The molecule has 32 heavy (non-hydrogen) atoms. The Morgan fingerprint density at radius 3 is 2.53 bits per heavy atom. The van der Waals surface area contributed by atoms with Crippen molar-refractivity contribution in [1.29, 1.82) is 0 Å².